The third-order valence-electron chi connectivity index (χ3n) is 2.25. The quantitative estimate of drug-likeness (QED) is 0.897. The molecule has 0 atom stereocenters. The van der Waals surface area contributed by atoms with Gasteiger partial charge in [-0.25, -0.2) is 15.0 Å². The summed E-state index contributed by atoms with van der Waals surface area (Å²) < 4.78 is 37.0. The molecular formula is C11H10F3N5. The minimum absolute atomic E-state index is 0.411. The lowest BCUT2D eigenvalue weighted by Crippen LogP contribution is -2.07. The summed E-state index contributed by atoms with van der Waals surface area (Å²) in [5, 5.41) is 5.66. The SMILES string of the molecule is CNc1cc(Nc2ccc(C(F)(F)F)nc2)ncn1. The first-order chi connectivity index (χ1) is 8.99. The van der Waals surface area contributed by atoms with Crippen LogP contribution >= 0.6 is 0 Å². The molecule has 100 valence electrons. The van der Waals surface area contributed by atoms with E-state index in [-0.39, 0.29) is 0 Å². The largest absolute Gasteiger partial charge is 0.433 e. The highest BCUT2D eigenvalue weighted by atomic mass is 19.4. The third kappa shape index (κ3) is 3.30. The van der Waals surface area contributed by atoms with E-state index in [2.05, 4.69) is 25.6 Å². The van der Waals surface area contributed by atoms with Gasteiger partial charge >= 0.3 is 6.18 Å². The zero-order valence-corrected chi connectivity index (χ0v) is 9.86. The van der Waals surface area contributed by atoms with Crippen molar-refractivity contribution in [2.24, 2.45) is 0 Å². The normalized spacial score (nSPS) is 11.2. The fourth-order valence-electron chi connectivity index (χ4n) is 1.35. The summed E-state index contributed by atoms with van der Waals surface area (Å²) in [7, 11) is 1.70. The Labute approximate surface area is 106 Å². The Morgan fingerprint density at radius 3 is 2.37 bits per heavy atom. The maximum Gasteiger partial charge on any atom is 0.433 e. The molecule has 2 heterocycles. The molecule has 8 heteroatoms. The van der Waals surface area contributed by atoms with Gasteiger partial charge in [-0.05, 0) is 12.1 Å². The lowest BCUT2D eigenvalue weighted by Gasteiger charge is -2.08. The van der Waals surface area contributed by atoms with E-state index in [1.54, 1.807) is 13.1 Å². The molecule has 0 amide bonds. The van der Waals surface area contributed by atoms with Crippen LogP contribution in [0.4, 0.5) is 30.5 Å². The van der Waals surface area contributed by atoms with Crippen LogP contribution in [-0.2, 0) is 6.18 Å². The standard InChI is InChI=1S/C11H10F3N5/c1-15-9-4-10(18-6-17-9)19-7-2-3-8(16-5-7)11(12,13)14/h2-6H,1H3,(H2,15,17,18,19). The number of aromatic nitrogens is 3. The van der Waals surface area contributed by atoms with Crippen molar-refractivity contribution in [2.45, 2.75) is 6.18 Å². The molecular weight excluding hydrogens is 259 g/mol. The molecule has 0 fully saturated rings. The van der Waals surface area contributed by atoms with E-state index in [1.807, 2.05) is 0 Å². The van der Waals surface area contributed by atoms with E-state index in [1.165, 1.54) is 12.4 Å². The molecule has 2 rings (SSSR count). The zero-order chi connectivity index (χ0) is 13.9. The van der Waals surface area contributed by atoms with Gasteiger partial charge in [-0.15, -0.1) is 0 Å². The Morgan fingerprint density at radius 2 is 1.79 bits per heavy atom. The zero-order valence-electron chi connectivity index (χ0n) is 9.86. The van der Waals surface area contributed by atoms with Gasteiger partial charge in [-0.2, -0.15) is 13.2 Å². The molecule has 0 aliphatic heterocycles. The van der Waals surface area contributed by atoms with E-state index in [9.17, 15) is 13.2 Å². The van der Waals surface area contributed by atoms with E-state index in [4.69, 9.17) is 0 Å². The van der Waals surface area contributed by atoms with Gasteiger partial charge in [-0.3, -0.25) is 0 Å². The number of pyridine rings is 1. The van der Waals surface area contributed by atoms with Crippen LogP contribution in [0.1, 0.15) is 5.69 Å². The Kier molecular flexibility index (Phi) is 3.50. The number of alkyl halides is 3. The average Bonchev–Trinajstić information content (AvgIpc) is 2.38. The number of halogens is 3. The van der Waals surface area contributed by atoms with Crippen LogP contribution in [0.3, 0.4) is 0 Å². The van der Waals surface area contributed by atoms with E-state index in [0.29, 0.717) is 17.3 Å². The first kappa shape index (κ1) is 13.1. The first-order valence-electron chi connectivity index (χ1n) is 5.29. The summed E-state index contributed by atoms with van der Waals surface area (Å²) >= 11 is 0. The summed E-state index contributed by atoms with van der Waals surface area (Å²) in [6, 6.07) is 3.82. The Balaban J connectivity index is 2.15. The lowest BCUT2D eigenvalue weighted by molar-refractivity contribution is -0.141. The van der Waals surface area contributed by atoms with Crippen molar-refractivity contribution in [3.8, 4) is 0 Å². The Hall–Kier alpha value is -2.38. The van der Waals surface area contributed by atoms with Gasteiger partial charge in [0, 0.05) is 13.1 Å². The minimum Gasteiger partial charge on any atom is -0.373 e. The van der Waals surface area contributed by atoms with Crippen molar-refractivity contribution in [2.75, 3.05) is 17.7 Å². The van der Waals surface area contributed by atoms with E-state index < -0.39 is 11.9 Å². The maximum atomic E-state index is 12.3. The van der Waals surface area contributed by atoms with Crippen LogP contribution in [0.25, 0.3) is 0 Å². The van der Waals surface area contributed by atoms with Crippen LogP contribution in [0.15, 0.2) is 30.7 Å². The van der Waals surface area contributed by atoms with Gasteiger partial charge < -0.3 is 10.6 Å². The third-order valence-corrected chi connectivity index (χ3v) is 2.25. The van der Waals surface area contributed by atoms with Crippen molar-refractivity contribution in [3.63, 3.8) is 0 Å². The molecule has 0 radical (unpaired) electrons. The monoisotopic (exact) mass is 269 g/mol. The number of nitrogens with zero attached hydrogens (tertiary/aromatic N) is 3. The predicted octanol–water partition coefficient (Wildman–Crippen LogP) is 2.68. The van der Waals surface area contributed by atoms with Gasteiger partial charge in [0.05, 0.1) is 11.9 Å². The minimum atomic E-state index is -4.44. The fraction of sp³-hybridized carbons (Fsp3) is 0.182. The van der Waals surface area contributed by atoms with Gasteiger partial charge in [0.15, 0.2) is 0 Å². The van der Waals surface area contributed by atoms with Crippen LogP contribution in [0.5, 0.6) is 0 Å². The summed E-state index contributed by atoms with van der Waals surface area (Å²) in [6.07, 6.45) is -2.00. The number of hydrogen-bond donors (Lipinski definition) is 2. The first-order valence-corrected chi connectivity index (χ1v) is 5.29. The van der Waals surface area contributed by atoms with Crippen LogP contribution in [0, 0.1) is 0 Å². The molecule has 0 unspecified atom stereocenters. The van der Waals surface area contributed by atoms with Crippen molar-refractivity contribution < 1.29 is 13.2 Å². The summed E-state index contributed by atoms with van der Waals surface area (Å²) in [5.74, 6) is 1.05. The molecule has 0 bridgehead atoms. The molecule has 0 aromatic carbocycles. The van der Waals surface area contributed by atoms with E-state index in [0.717, 1.165) is 12.3 Å². The summed E-state index contributed by atoms with van der Waals surface area (Å²) in [6.45, 7) is 0. The highest BCUT2D eigenvalue weighted by Gasteiger charge is 2.31. The van der Waals surface area contributed by atoms with Gasteiger partial charge in [0.2, 0.25) is 0 Å². The molecule has 19 heavy (non-hydrogen) atoms. The molecule has 2 aromatic rings. The number of anilines is 3. The van der Waals surface area contributed by atoms with Gasteiger partial charge in [0.25, 0.3) is 0 Å². The maximum absolute atomic E-state index is 12.3. The van der Waals surface area contributed by atoms with Crippen molar-refractivity contribution in [3.05, 3.63) is 36.4 Å². The predicted molar refractivity (Wildman–Crippen MR) is 64.1 cm³/mol. The lowest BCUT2D eigenvalue weighted by atomic mass is 10.3. The van der Waals surface area contributed by atoms with Crippen LogP contribution in [-0.4, -0.2) is 22.0 Å². The van der Waals surface area contributed by atoms with Crippen LogP contribution in [0.2, 0.25) is 0 Å². The van der Waals surface area contributed by atoms with Crippen molar-refractivity contribution in [1.29, 1.82) is 0 Å². The topological polar surface area (TPSA) is 62.7 Å². The molecule has 0 saturated carbocycles. The van der Waals surface area contributed by atoms with Gasteiger partial charge in [0.1, 0.15) is 23.7 Å². The summed E-state index contributed by atoms with van der Waals surface area (Å²) in [5.41, 5.74) is -0.523. The smallest absolute Gasteiger partial charge is 0.373 e. The van der Waals surface area contributed by atoms with Gasteiger partial charge in [-0.1, -0.05) is 0 Å². The molecule has 0 aliphatic carbocycles. The second-order valence-electron chi connectivity index (χ2n) is 3.59. The molecule has 2 N–H and O–H groups in total. The average molecular weight is 269 g/mol. The Bertz CT molecular complexity index is 553. The van der Waals surface area contributed by atoms with E-state index >= 15 is 0 Å². The second-order valence-corrected chi connectivity index (χ2v) is 3.59. The highest BCUT2D eigenvalue weighted by molar-refractivity contribution is 5.57. The fourth-order valence-corrected chi connectivity index (χ4v) is 1.35. The van der Waals surface area contributed by atoms with Crippen molar-refractivity contribution >= 4 is 17.3 Å². The number of rotatable bonds is 3. The summed E-state index contributed by atoms with van der Waals surface area (Å²) in [4.78, 5) is 11.2. The molecule has 0 saturated heterocycles. The second kappa shape index (κ2) is 5.09. The molecule has 0 aliphatic rings. The highest BCUT2D eigenvalue weighted by Crippen LogP contribution is 2.28. The number of nitrogens with one attached hydrogen (secondary N) is 2. The van der Waals surface area contributed by atoms with Crippen molar-refractivity contribution in [1.82, 2.24) is 15.0 Å². The molecule has 0 spiro atoms. The Morgan fingerprint density at radius 1 is 1.05 bits per heavy atom. The van der Waals surface area contributed by atoms with Crippen LogP contribution < -0.4 is 10.6 Å². The molecule has 5 nitrogen and oxygen atoms in total. The molecule has 2 aromatic heterocycles. The number of hydrogen-bond acceptors (Lipinski definition) is 5.